The molecule has 2 atom stereocenters. The number of nitrogens with one attached hydrogen (secondary N) is 2. The smallest absolute Gasteiger partial charge is 0.247 e. The first-order valence-electron chi connectivity index (χ1n) is 11.0. The predicted octanol–water partition coefficient (Wildman–Crippen LogP) is 3.63. The molecule has 4 rings (SSSR count). The number of aromatic nitrogens is 1. The fraction of sp³-hybridized carbons (Fsp3) is 0.269. The molecule has 1 saturated heterocycles. The van der Waals surface area contributed by atoms with Gasteiger partial charge in [-0.15, -0.1) is 0 Å². The Balaban J connectivity index is 1.37. The molecule has 0 bridgehead atoms. The number of nitrogens with zero attached hydrogens (tertiary/aromatic N) is 2. The second-order valence-electron chi connectivity index (χ2n) is 7.83. The highest BCUT2D eigenvalue weighted by Crippen LogP contribution is 2.19. The van der Waals surface area contributed by atoms with Crippen molar-refractivity contribution in [1.29, 1.82) is 5.26 Å². The van der Waals surface area contributed by atoms with E-state index in [-0.39, 0.29) is 12.0 Å². The van der Waals surface area contributed by atoms with Crippen molar-refractivity contribution in [2.45, 2.75) is 25.0 Å². The van der Waals surface area contributed by atoms with Gasteiger partial charge in [0.1, 0.15) is 23.7 Å². The van der Waals surface area contributed by atoms with Crippen molar-refractivity contribution in [3.05, 3.63) is 89.6 Å². The summed E-state index contributed by atoms with van der Waals surface area (Å²) in [5, 5.41) is 15.2. The number of hydrogen-bond donors (Lipinski definition) is 2. The van der Waals surface area contributed by atoms with E-state index in [9.17, 15) is 4.79 Å². The van der Waals surface area contributed by atoms with Crippen LogP contribution < -0.4 is 15.4 Å². The average Bonchev–Trinajstić information content (AvgIpc) is 3.37. The van der Waals surface area contributed by atoms with Gasteiger partial charge < -0.3 is 20.1 Å². The second kappa shape index (κ2) is 11.2. The topological polar surface area (TPSA) is 96.3 Å². The van der Waals surface area contributed by atoms with Gasteiger partial charge in [-0.3, -0.25) is 4.79 Å². The standard InChI is InChI=1S/C26H26N4O3/c27-16-20-8-6-19(7-9-20)12-14-28-25(21-4-2-1-3-5-21)26(31)30-24-11-10-22(17-29-24)33-23-13-15-32-18-23/h1-11,17,23,25,28H,12-15,18H2,(H,29,30,31)/t23-,25-/m1/s1. The average molecular weight is 443 g/mol. The van der Waals surface area contributed by atoms with E-state index in [0.717, 1.165) is 24.0 Å². The molecule has 1 amide bonds. The Labute approximate surface area is 193 Å². The van der Waals surface area contributed by atoms with E-state index in [1.54, 1.807) is 30.5 Å². The molecule has 1 aromatic heterocycles. The van der Waals surface area contributed by atoms with Gasteiger partial charge in [-0.05, 0) is 41.8 Å². The van der Waals surface area contributed by atoms with Crippen LogP contribution in [0.25, 0.3) is 0 Å². The van der Waals surface area contributed by atoms with Crippen LogP contribution in [-0.4, -0.2) is 36.8 Å². The summed E-state index contributed by atoms with van der Waals surface area (Å²) in [7, 11) is 0. The van der Waals surface area contributed by atoms with Gasteiger partial charge >= 0.3 is 0 Å². The first kappa shape index (κ1) is 22.5. The number of hydrogen-bond acceptors (Lipinski definition) is 6. The second-order valence-corrected chi connectivity index (χ2v) is 7.83. The van der Waals surface area contributed by atoms with E-state index in [1.807, 2.05) is 42.5 Å². The summed E-state index contributed by atoms with van der Waals surface area (Å²) in [5.74, 6) is 0.930. The Bertz CT molecular complexity index is 1070. The number of benzene rings is 2. The Morgan fingerprint density at radius 2 is 1.97 bits per heavy atom. The third-order valence-corrected chi connectivity index (χ3v) is 5.42. The molecule has 0 saturated carbocycles. The molecule has 3 aromatic rings. The maximum Gasteiger partial charge on any atom is 0.247 e. The molecule has 0 radical (unpaired) electrons. The van der Waals surface area contributed by atoms with Crippen molar-refractivity contribution in [2.75, 3.05) is 25.1 Å². The summed E-state index contributed by atoms with van der Waals surface area (Å²) in [6.07, 6.45) is 3.27. The van der Waals surface area contributed by atoms with Gasteiger partial charge in [0.2, 0.25) is 5.91 Å². The normalized spacial score (nSPS) is 16.0. The van der Waals surface area contributed by atoms with E-state index in [1.165, 1.54) is 0 Å². The predicted molar refractivity (Wildman–Crippen MR) is 125 cm³/mol. The SMILES string of the molecule is N#Cc1ccc(CCN[C@@H](C(=O)Nc2ccc(O[C@@H]3CCOC3)cn2)c2ccccc2)cc1. The van der Waals surface area contributed by atoms with Crippen molar-refractivity contribution >= 4 is 11.7 Å². The van der Waals surface area contributed by atoms with Crippen LogP contribution >= 0.6 is 0 Å². The quantitative estimate of drug-likeness (QED) is 0.525. The lowest BCUT2D eigenvalue weighted by Crippen LogP contribution is -2.34. The minimum Gasteiger partial charge on any atom is -0.486 e. The number of ether oxygens (including phenoxy) is 2. The minimum absolute atomic E-state index is 0.0509. The zero-order valence-electron chi connectivity index (χ0n) is 18.2. The highest BCUT2D eigenvalue weighted by Gasteiger charge is 2.21. The van der Waals surface area contributed by atoms with Crippen LogP contribution in [0.4, 0.5) is 5.82 Å². The largest absolute Gasteiger partial charge is 0.486 e. The Hall–Kier alpha value is -3.73. The van der Waals surface area contributed by atoms with E-state index >= 15 is 0 Å². The lowest BCUT2D eigenvalue weighted by atomic mass is 10.1. The minimum atomic E-state index is -0.530. The van der Waals surface area contributed by atoms with Crippen LogP contribution in [0.2, 0.25) is 0 Å². The number of anilines is 1. The summed E-state index contributed by atoms with van der Waals surface area (Å²) >= 11 is 0. The van der Waals surface area contributed by atoms with Crippen LogP contribution in [0, 0.1) is 11.3 Å². The number of nitriles is 1. The number of carbonyl (C=O) groups is 1. The van der Waals surface area contributed by atoms with Crippen molar-refractivity contribution in [1.82, 2.24) is 10.3 Å². The summed E-state index contributed by atoms with van der Waals surface area (Å²) < 4.78 is 11.2. The molecular weight excluding hydrogens is 416 g/mol. The Morgan fingerprint density at radius 3 is 2.64 bits per heavy atom. The molecule has 33 heavy (non-hydrogen) atoms. The van der Waals surface area contributed by atoms with Crippen molar-refractivity contribution in [3.8, 4) is 11.8 Å². The van der Waals surface area contributed by atoms with Gasteiger partial charge in [-0.1, -0.05) is 42.5 Å². The zero-order valence-corrected chi connectivity index (χ0v) is 18.2. The highest BCUT2D eigenvalue weighted by atomic mass is 16.5. The van der Waals surface area contributed by atoms with Gasteiger partial charge in [0.05, 0.1) is 31.0 Å². The van der Waals surface area contributed by atoms with Crippen molar-refractivity contribution in [2.24, 2.45) is 0 Å². The summed E-state index contributed by atoms with van der Waals surface area (Å²) in [6, 6.07) is 22.2. The third kappa shape index (κ3) is 6.39. The maximum atomic E-state index is 13.1. The molecule has 1 fully saturated rings. The fourth-order valence-electron chi connectivity index (χ4n) is 3.63. The van der Waals surface area contributed by atoms with E-state index in [0.29, 0.717) is 36.9 Å². The van der Waals surface area contributed by atoms with Crippen LogP contribution in [0.3, 0.4) is 0 Å². The molecule has 7 nitrogen and oxygen atoms in total. The summed E-state index contributed by atoms with van der Waals surface area (Å²) in [4.78, 5) is 17.4. The van der Waals surface area contributed by atoms with Gasteiger partial charge in [-0.2, -0.15) is 5.26 Å². The summed E-state index contributed by atoms with van der Waals surface area (Å²) in [5.41, 5.74) is 2.60. The maximum absolute atomic E-state index is 13.1. The molecule has 1 aliphatic heterocycles. The van der Waals surface area contributed by atoms with Gasteiger partial charge in [0.25, 0.3) is 0 Å². The Morgan fingerprint density at radius 1 is 1.15 bits per heavy atom. The first-order chi connectivity index (χ1) is 16.2. The first-order valence-corrected chi connectivity index (χ1v) is 11.0. The fourth-order valence-corrected chi connectivity index (χ4v) is 3.63. The molecule has 2 heterocycles. The van der Waals surface area contributed by atoms with Crippen LogP contribution in [0.5, 0.6) is 5.75 Å². The van der Waals surface area contributed by atoms with Crippen LogP contribution in [0.1, 0.15) is 29.2 Å². The zero-order chi connectivity index (χ0) is 22.9. The highest BCUT2D eigenvalue weighted by molar-refractivity contribution is 5.94. The molecule has 2 aromatic carbocycles. The third-order valence-electron chi connectivity index (χ3n) is 5.42. The Kier molecular flexibility index (Phi) is 7.64. The molecule has 1 aliphatic rings. The molecule has 168 valence electrons. The number of amides is 1. The molecule has 0 spiro atoms. The summed E-state index contributed by atoms with van der Waals surface area (Å²) in [6.45, 7) is 1.90. The number of rotatable bonds is 9. The van der Waals surface area contributed by atoms with E-state index in [4.69, 9.17) is 14.7 Å². The van der Waals surface area contributed by atoms with Gasteiger partial charge in [0, 0.05) is 13.0 Å². The molecule has 2 N–H and O–H groups in total. The van der Waals surface area contributed by atoms with Crippen molar-refractivity contribution < 1.29 is 14.3 Å². The van der Waals surface area contributed by atoms with Gasteiger partial charge in [-0.25, -0.2) is 4.98 Å². The van der Waals surface area contributed by atoms with Gasteiger partial charge in [0.15, 0.2) is 0 Å². The lowest BCUT2D eigenvalue weighted by molar-refractivity contribution is -0.118. The lowest BCUT2D eigenvalue weighted by Gasteiger charge is -2.19. The molecule has 0 aliphatic carbocycles. The van der Waals surface area contributed by atoms with E-state index in [2.05, 4.69) is 21.7 Å². The van der Waals surface area contributed by atoms with Crippen molar-refractivity contribution in [3.63, 3.8) is 0 Å². The monoisotopic (exact) mass is 442 g/mol. The van der Waals surface area contributed by atoms with E-state index < -0.39 is 6.04 Å². The molecule has 7 heteroatoms. The molecular formula is C26H26N4O3. The van der Waals surface area contributed by atoms with Crippen LogP contribution in [0.15, 0.2) is 72.9 Å². The van der Waals surface area contributed by atoms with Crippen LogP contribution in [-0.2, 0) is 16.0 Å². The molecule has 0 unspecified atom stereocenters. The number of pyridine rings is 1. The number of carbonyl (C=O) groups excluding carboxylic acids is 1.